The number of methoxy groups -OCH3 is 1. The molecule has 0 bridgehead atoms. The normalized spacial score (nSPS) is 44.1. The Labute approximate surface area is 531 Å². The summed E-state index contributed by atoms with van der Waals surface area (Å²) in [5.74, 6) is -4.49. The first-order valence-corrected chi connectivity index (χ1v) is 32.0. The number of aliphatic hydroxyl groups is 10. The Morgan fingerprint density at radius 3 is 1.87 bits per heavy atom. The van der Waals surface area contributed by atoms with Gasteiger partial charge in [0.15, 0.2) is 43.3 Å². The second-order valence-corrected chi connectivity index (χ2v) is 29.0. The van der Waals surface area contributed by atoms with E-state index in [0.717, 1.165) is 30.8 Å². The molecule has 91 heavy (non-hydrogen) atoms. The number of carbonyl (C=O) groups is 4. The van der Waals surface area contributed by atoms with Gasteiger partial charge in [0.25, 0.3) is 0 Å². The van der Waals surface area contributed by atoms with E-state index in [9.17, 15) is 70.2 Å². The van der Waals surface area contributed by atoms with Crippen LogP contribution in [0.15, 0.2) is 65.3 Å². The first-order chi connectivity index (χ1) is 42.7. The zero-order chi connectivity index (χ0) is 66.8. The highest BCUT2D eigenvalue weighted by molar-refractivity contribution is 5.89. The molecule has 3 saturated heterocycles. The van der Waals surface area contributed by atoms with Crippen molar-refractivity contribution >= 4 is 23.9 Å². The fraction of sp³-hybridized carbons (Fsp3) is 0.761. The number of ether oxygens (including phenoxy) is 10. The maximum atomic E-state index is 14.4. The molecule has 10 N–H and O–H groups in total. The van der Waals surface area contributed by atoms with Crippen LogP contribution >= 0.6 is 0 Å². The van der Waals surface area contributed by atoms with E-state index in [2.05, 4.69) is 26.0 Å². The van der Waals surface area contributed by atoms with E-state index in [0.29, 0.717) is 44.9 Å². The average molecular weight is 1290 g/mol. The summed E-state index contributed by atoms with van der Waals surface area (Å²) in [5.41, 5.74) is -3.01. The minimum Gasteiger partial charge on any atom is -0.467 e. The summed E-state index contributed by atoms with van der Waals surface area (Å²) >= 11 is 0. The maximum Gasteiger partial charge on any atom is 0.338 e. The molecule has 8 aliphatic rings. The summed E-state index contributed by atoms with van der Waals surface area (Å²) < 4.78 is 61.6. The minimum atomic E-state index is -2.00. The molecule has 0 amide bonds. The highest BCUT2D eigenvalue weighted by Gasteiger charge is 2.76. The molecule has 24 nitrogen and oxygen atoms in total. The number of benzene rings is 1. The fourth-order valence-corrected chi connectivity index (χ4v) is 17.8. The molecule has 5 aliphatic carbocycles. The molecule has 24 heteroatoms. The van der Waals surface area contributed by atoms with Crippen molar-refractivity contribution in [3.8, 4) is 0 Å². The van der Waals surface area contributed by atoms with Crippen molar-refractivity contribution in [1.82, 2.24) is 0 Å². The summed E-state index contributed by atoms with van der Waals surface area (Å²) in [6, 6.07) is 8.29. The zero-order valence-corrected chi connectivity index (χ0v) is 54.3. The van der Waals surface area contributed by atoms with Crippen LogP contribution < -0.4 is 0 Å². The van der Waals surface area contributed by atoms with Crippen molar-refractivity contribution < 1.29 is 118 Å². The third-order valence-electron chi connectivity index (χ3n) is 22.8. The van der Waals surface area contributed by atoms with Crippen molar-refractivity contribution in [1.29, 1.82) is 0 Å². The molecule has 0 radical (unpaired) electrons. The number of esters is 4. The molecule has 4 saturated carbocycles. The van der Waals surface area contributed by atoms with Crippen LogP contribution in [0.5, 0.6) is 0 Å². The molecule has 510 valence electrons. The minimum absolute atomic E-state index is 0.162. The van der Waals surface area contributed by atoms with Crippen molar-refractivity contribution in [2.24, 2.45) is 50.2 Å². The summed E-state index contributed by atoms with van der Waals surface area (Å²) in [4.78, 5) is 55.7. The van der Waals surface area contributed by atoms with Gasteiger partial charge in [-0.15, -0.1) is 0 Å². The number of carbonyl (C=O) groups excluding carboxylic acids is 4. The lowest BCUT2D eigenvalue weighted by Crippen LogP contribution is -2.76. The predicted molar refractivity (Wildman–Crippen MR) is 320 cm³/mol. The van der Waals surface area contributed by atoms with Gasteiger partial charge in [-0.3, -0.25) is 4.79 Å². The third-order valence-corrected chi connectivity index (χ3v) is 22.8. The molecule has 0 aromatic heterocycles. The van der Waals surface area contributed by atoms with Crippen LogP contribution in [0.25, 0.3) is 0 Å². The third kappa shape index (κ3) is 12.4. The van der Waals surface area contributed by atoms with Crippen LogP contribution in [0.1, 0.15) is 138 Å². The SMILES string of the molecule is COC(=O)[C@H]1O[C@@H](O[C@H]2CC[C@]3(C)[C@H]4CC=C5[C@@H]6CC(C)(C)[C@@H](OC(=O)/C=C(/C)CCC=C(C)C)[C@H](OC(=O)c7ccccc7)[C@]6(CO)[C@H](O)[C@H](O)[C@@]5(C)[C@]4(C)CC[C@H]3C2(C)C)[C@H](O[C@@H]2O[C@H](CO)[C@@H](O)[C@H](O)[C@H]2O)[C@@H](OC(C)=O)[C@@H]1O[C@@H]1O[C@@H](CO)[C@H](O)[C@H]1O. The van der Waals surface area contributed by atoms with Crippen LogP contribution in [-0.4, -0.2) is 218 Å². The Balaban J connectivity index is 1.06. The Hall–Kier alpha value is -4.32. The van der Waals surface area contributed by atoms with Gasteiger partial charge in [-0.1, -0.05) is 95.5 Å². The highest BCUT2D eigenvalue weighted by atomic mass is 16.8. The van der Waals surface area contributed by atoms with Crippen molar-refractivity contribution in [2.75, 3.05) is 26.9 Å². The Bertz CT molecular complexity index is 2870. The van der Waals surface area contributed by atoms with Crippen molar-refractivity contribution in [3.05, 3.63) is 70.8 Å². The molecule has 0 unspecified atom stereocenters. The van der Waals surface area contributed by atoms with E-state index in [1.165, 1.54) is 6.08 Å². The van der Waals surface area contributed by atoms with Gasteiger partial charge >= 0.3 is 23.9 Å². The molecule has 0 spiro atoms. The second-order valence-electron chi connectivity index (χ2n) is 29.0. The van der Waals surface area contributed by atoms with Crippen LogP contribution in [-0.2, 0) is 61.8 Å². The van der Waals surface area contributed by atoms with Gasteiger partial charge in [-0.05, 0) is 118 Å². The second kappa shape index (κ2) is 27.1. The first-order valence-electron chi connectivity index (χ1n) is 32.0. The van der Waals surface area contributed by atoms with Gasteiger partial charge in [-0.25, -0.2) is 14.4 Å². The van der Waals surface area contributed by atoms with Gasteiger partial charge in [0.1, 0.15) is 54.9 Å². The quantitative estimate of drug-likeness (QED) is 0.0332. The lowest BCUT2D eigenvalue weighted by atomic mass is 9.32. The van der Waals surface area contributed by atoms with E-state index in [1.54, 1.807) is 30.3 Å². The highest BCUT2D eigenvalue weighted by Crippen LogP contribution is 2.76. The predicted octanol–water partition coefficient (Wildman–Crippen LogP) is 3.00. The summed E-state index contributed by atoms with van der Waals surface area (Å²) in [7, 11) is 1.06. The zero-order valence-electron chi connectivity index (χ0n) is 54.3. The van der Waals surface area contributed by atoms with Crippen molar-refractivity contribution in [3.63, 3.8) is 0 Å². The van der Waals surface area contributed by atoms with Gasteiger partial charge in [0.05, 0.1) is 56.2 Å². The van der Waals surface area contributed by atoms with Gasteiger partial charge in [0, 0.05) is 23.8 Å². The molecular formula is C67H98O24. The standard InChI is InChI=1S/C67H98O24/c1-32(2)17-16-18-33(3)27-43(72)87-55-56(91-57(80)35-19-14-13-15-20-35)67(31-70)37(28-62(55,5)6)36-21-22-41-64(9)25-24-42(63(7,8)40(64)23-26-65(41,10)66(36,11)53(78)54(67)79)86-61-52(90-60-48(77)46(75)44(73)38(29-68)84-60)50(83-34(4)71)49(51(89-61)58(81)82-12)88-59-47(76)45(74)39(30-69)85-59/h13-15,17,19-21,27,37-42,44-56,59-61,68-70,73-79H,16,18,22-26,28-31H2,1-12H3/b33-27-/t37-,38+,39-,40-,41+,42-,44+,45-,46-,47+,48+,49-,50-,51-,52+,53-,54+,55-,56-,59-,60-,61+,64-,65+,66-,67-/m0/s1. The van der Waals surface area contributed by atoms with Gasteiger partial charge in [-0.2, -0.15) is 0 Å². The van der Waals surface area contributed by atoms with Gasteiger partial charge in [0.2, 0.25) is 0 Å². The Morgan fingerprint density at radius 2 is 1.27 bits per heavy atom. The summed E-state index contributed by atoms with van der Waals surface area (Å²) in [5, 5.41) is 113. The number of rotatable bonds is 18. The average Bonchev–Trinajstić information content (AvgIpc) is 0.921. The topological polar surface area (TPSA) is 363 Å². The summed E-state index contributed by atoms with van der Waals surface area (Å²) in [6.07, 6.45) is -21.7. The monoisotopic (exact) mass is 1290 g/mol. The van der Waals surface area contributed by atoms with E-state index in [4.69, 9.17) is 47.4 Å². The Morgan fingerprint density at radius 1 is 0.659 bits per heavy atom. The largest absolute Gasteiger partial charge is 0.467 e. The lowest BCUT2D eigenvalue weighted by Gasteiger charge is -2.73. The molecule has 1 aromatic carbocycles. The van der Waals surface area contributed by atoms with E-state index in [1.807, 2.05) is 55.4 Å². The molecular weight excluding hydrogens is 1190 g/mol. The number of hydrogen-bond acceptors (Lipinski definition) is 24. The van der Waals surface area contributed by atoms with Crippen molar-refractivity contribution in [2.45, 2.75) is 244 Å². The van der Waals surface area contributed by atoms with Crippen LogP contribution in [0.4, 0.5) is 0 Å². The molecule has 9 rings (SSSR count). The number of hydrogen-bond donors (Lipinski definition) is 10. The lowest BCUT2D eigenvalue weighted by molar-refractivity contribution is -0.383. The molecule has 26 atom stereocenters. The fourth-order valence-electron chi connectivity index (χ4n) is 17.8. The van der Waals surface area contributed by atoms with Crippen LogP contribution in [0.2, 0.25) is 0 Å². The number of allylic oxidation sites excluding steroid dienone is 4. The molecule has 1 aromatic rings. The van der Waals surface area contributed by atoms with E-state index < -0.39 is 199 Å². The number of fused-ring (bicyclic) bond motifs is 7. The summed E-state index contributed by atoms with van der Waals surface area (Å²) in [6.45, 7) is 18.9. The number of aliphatic hydroxyl groups excluding tert-OH is 10. The molecule has 3 aliphatic heterocycles. The molecule has 7 fully saturated rings. The smallest absolute Gasteiger partial charge is 0.338 e. The first kappa shape index (κ1) is 71.0. The van der Waals surface area contributed by atoms with E-state index >= 15 is 0 Å². The van der Waals surface area contributed by atoms with Gasteiger partial charge < -0.3 is 98.4 Å². The van der Waals surface area contributed by atoms with Crippen LogP contribution in [0, 0.1) is 50.2 Å². The Kier molecular flexibility index (Phi) is 21.1. The van der Waals surface area contributed by atoms with Crippen LogP contribution in [0.3, 0.4) is 0 Å². The van der Waals surface area contributed by atoms with E-state index in [-0.39, 0.29) is 23.8 Å². The maximum absolute atomic E-state index is 14.4. The molecule has 3 heterocycles.